The summed E-state index contributed by atoms with van der Waals surface area (Å²) in [7, 11) is 0. The third-order valence-electron chi connectivity index (χ3n) is 4.22. The Bertz CT molecular complexity index is 594. The first kappa shape index (κ1) is 12.4. The number of nitrogens with zero attached hydrogens (tertiary/aromatic N) is 1. The van der Waals surface area contributed by atoms with E-state index in [1.807, 2.05) is 13.0 Å². The van der Waals surface area contributed by atoms with Crippen LogP contribution < -0.4 is 5.73 Å². The summed E-state index contributed by atoms with van der Waals surface area (Å²) in [5, 5.41) is 0. The van der Waals surface area contributed by atoms with Crippen molar-refractivity contribution in [1.29, 1.82) is 0 Å². The predicted molar refractivity (Wildman–Crippen MR) is 73.3 cm³/mol. The topological polar surface area (TPSA) is 54.7 Å². The van der Waals surface area contributed by atoms with E-state index < -0.39 is 0 Å². The standard InChI is InChI=1S/C15H18FN3/c1-10-13(11-5-2-3-6-12(11)16)19-14(18-10)15(9-17)7-4-8-15/h2-3,5-6H,4,7-9,17H2,1H3,(H,18,19). The van der Waals surface area contributed by atoms with Crippen LogP contribution in [0.4, 0.5) is 4.39 Å². The van der Waals surface area contributed by atoms with Gasteiger partial charge >= 0.3 is 0 Å². The zero-order chi connectivity index (χ0) is 13.5. The third-order valence-corrected chi connectivity index (χ3v) is 4.22. The Morgan fingerprint density at radius 3 is 2.68 bits per heavy atom. The minimum Gasteiger partial charge on any atom is -0.345 e. The molecule has 0 aliphatic heterocycles. The molecule has 1 aliphatic carbocycles. The van der Waals surface area contributed by atoms with E-state index in [0.29, 0.717) is 17.8 Å². The lowest BCUT2D eigenvalue weighted by Gasteiger charge is -2.39. The normalized spacial score (nSPS) is 17.2. The van der Waals surface area contributed by atoms with E-state index in [4.69, 9.17) is 5.73 Å². The molecule has 3 nitrogen and oxygen atoms in total. The summed E-state index contributed by atoms with van der Waals surface area (Å²) >= 11 is 0. The minimum absolute atomic E-state index is 0.0196. The molecular formula is C15H18FN3. The second-order valence-electron chi connectivity index (χ2n) is 5.38. The molecule has 1 aliphatic rings. The maximum absolute atomic E-state index is 13.9. The maximum Gasteiger partial charge on any atom is 0.132 e. The molecule has 3 rings (SSSR count). The summed E-state index contributed by atoms with van der Waals surface area (Å²) in [6, 6.07) is 6.74. The number of benzene rings is 1. The number of aromatic amines is 1. The molecule has 4 heteroatoms. The van der Waals surface area contributed by atoms with E-state index in [2.05, 4.69) is 9.97 Å². The van der Waals surface area contributed by atoms with Gasteiger partial charge in [0.25, 0.3) is 0 Å². The molecule has 0 atom stereocenters. The number of nitrogens with one attached hydrogen (secondary N) is 1. The Kier molecular flexibility index (Phi) is 2.90. The number of halogens is 1. The number of aryl methyl sites for hydroxylation is 1. The van der Waals surface area contributed by atoms with Crippen molar-refractivity contribution < 1.29 is 4.39 Å². The Morgan fingerprint density at radius 2 is 2.11 bits per heavy atom. The first-order chi connectivity index (χ1) is 9.16. The second-order valence-corrected chi connectivity index (χ2v) is 5.38. The van der Waals surface area contributed by atoms with Gasteiger partial charge in [0, 0.05) is 23.2 Å². The monoisotopic (exact) mass is 259 g/mol. The van der Waals surface area contributed by atoms with Gasteiger partial charge in [0.2, 0.25) is 0 Å². The Balaban J connectivity index is 2.05. The van der Waals surface area contributed by atoms with Crippen molar-refractivity contribution in [3.05, 3.63) is 41.6 Å². The van der Waals surface area contributed by atoms with E-state index in [-0.39, 0.29) is 11.2 Å². The lowest BCUT2D eigenvalue weighted by molar-refractivity contribution is 0.239. The Hall–Kier alpha value is -1.68. The summed E-state index contributed by atoms with van der Waals surface area (Å²) in [6.45, 7) is 2.53. The van der Waals surface area contributed by atoms with E-state index in [1.165, 1.54) is 12.5 Å². The maximum atomic E-state index is 13.9. The quantitative estimate of drug-likeness (QED) is 0.890. The average Bonchev–Trinajstić information content (AvgIpc) is 2.72. The number of imidazole rings is 1. The van der Waals surface area contributed by atoms with E-state index in [9.17, 15) is 4.39 Å². The van der Waals surface area contributed by atoms with Crippen molar-refractivity contribution in [3.63, 3.8) is 0 Å². The van der Waals surface area contributed by atoms with Gasteiger partial charge in [-0.25, -0.2) is 9.37 Å². The molecule has 0 radical (unpaired) electrons. The third kappa shape index (κ3) is 1.87. The largest absolute Gasteiger partial charge is 0.345 e. The van der Waals surface area contributed by atoms with Crippen molar-refractivity contribution in [2.45, 2.75) is 31.6 Å². The minimum atomic E-state index is -0.237. The molecule has 1 heterocycles. The SMILES string of the molecule is Cc1[nH]c(C2(CN)CCC2)nc1-c1ccccc1F. The van der Waals surface area contributed by atoms with E-state index in [0.717, 1.165) is 24.4 Å². The summed E-state index contributed by atoms with van der Waals surface area (Å²) in [6.07, 6.45) is 3.31. The lowest BCUT2D eigenvalue weighted by Crippen LogP contribution is -2.42. The second kappa shape index (κ2) is 4.46. The van der Waals surface area contributed by atoms with Crippen LogP contribution in [-0.2, 0) is 5.41 Å². The summed E-state index contributed by atoms with van der Waals surface area (Å²) in [5.41, 5.74) is 8.03. The fraction of sp³-hybridized carbons (Fsp3) is 0.400. The van der Waals surface area contributed by atoms with Crippen molar-refractivity contribution >= 4 is 0 Å². The van der Waals surface area contributed by atoms with Crippen LogP contribution in [0, 0.1) is 12.7 Å². The van der Waals surface area contributed by atoms with Crippen LogP contribution in [0.5, 0.6) is 0 Å². The first-order valence-corrected chi connectivity index (χ1v) is 6.68. The molecule has 100 valence electrons. The highest BCUT2D eigenvalue weighted by molar-refractivity contribution is 5.62. The van der Waals surface area contributed by atoms with Crippen LogP contribution in [0.15, 0.2) is 24.3 Å². The van der Waals surface area contributed by atoms with E-state index >= 15 is 0 Å². The Morgan fingerprint density at radius 1 is 1.37 bits per heavy atom. The van der Waals surface area contributed by atoms with Crippen molar-refractivity contribution in [2.24, 2.45) is 5.73 Å². The molecule has 1 aromatic heterocycles. The molecular weight excluding hydrogens is 241 g/mol. The predicted octanol–water partition coefficient (Wildman–Crippen LogP) is 2.90. The van der Waals surface area contributed by atoms with Crippen LogP contribution in [0.1, 0.15) is 30.8 Å². The molecule has 0 unspecified atom stereocenters. The van der Waals surface area contributed by atoms with Gasteiger partial charge in [-0.15, -0.1) is 0 Å². The van der Waals surface area contributed by atoms with Gasteiger partial charge in [-0.1, -0.05) is 18.6 Å². The molecule has 0 spiro atoms. The van der Waals surface area contributed by atoms with E-state index in [1.54, 1.807) is 12.1 Å². The number of hydrogen-bond acceptors (Lipinski definition) is 2. The molecule has 1 saturated carbocycles. The molecule has 3 N–H and O–H groups in total. The Labute approximate surface area is 112 Å². The van der Waals surface area contributed by atoms with Crippen LogP contribution >= 0.6 is 0 Å². The number of H-pyrrole nitrogens is 1. The van der Waals surface area contributed by atoms with Crippen LogP contribution in [0.2, 0.25) is 0 Å². The van der Waals surface area contributed by atoms with Crippen LogP contribution in [0.3, 0.4) is 0 Å². The molecule has 19 heavy (non-hydrogen) atoms. The van der Waals surface area contributed by atoms with Gasteiger partial charge in [0.05, 0.1) is 5.69 Å². The molecule has 0 bridgehead atoms. The smallest absolute Gasteiger partial charge is 0.132 e. The number of rotatable bonds is 3. The molecule has 2 aromatic rings. The average molecular weight is 259 g/mol. The first-order valence-electron chi connectivity index (χ1n) is 6.68. The number of aromatic nitrogens is 2. The van der Waals surface area contributed by atoms with Crippen molar-refractivity contribution in [2.75, 3.05) is 6.54 Å². The summed E-state index contributed by atoms with van der Waals surface area (Å²) in [4.78, 5) is 7.94. The number of hydrogen-bond donors (Lipinski definition) is 2. The summed E-state index contributed by atoms with van der Waals surface area (Å²) in [5.74, 6) is 0.677. The highest BCUT2D eigenvalue weighted by Gasteiger charge is 2.40. The van der Waals surface area contributed by atoms with Gasteiger partial charge in [0.1, 0.15) is 11.6 Å². The summed E-state index contributed by atoms with van der Waals surface area (Å²) < 4.78 is 13.9. The van der Waals surface area contributed by atoms with Gasteiger partial charge in [-0.3, -0.25) is 0 Å². The fourth-order valence-corrected chi connectivity index (χ4v) is 2.77. The zero-order valence-corrected chi connectivity index (χ0v) is 11.0. The van der Waals surface area contributed by atoms with Gasteiger partial charge < -0.3 is 10.7 Å². The number of nitrogens with two attached hydrogens (primary N) is 1. The fourth-order valence-electron chi connectivity index (χ4n) is 2.77. The van der Waals surface area contributed by atoms with Crippen LogP contribution in [0.25, 0.3) is 11.3 Å². The molecule has 0 saturated heterocycles. The van der Waals surface area contributed by atoms with Crippen LogP contribution in [-0.4, -0.2) is 16.5 Å². The van der Waals surface area contributed by atoms with Gasteiger partial charge in [-0.05, 0) is 31.9 Å². The van der Waals surface area contributed by atoms with Gasteiger partial charge in [0.15, 0.2) is 0 Å². The molecule has 0 amide bonds. The highest BCUT2D eigenvalue weighted by Crippen LogP contribution is 2.42. The van der Waals surface area contributed by atoms with Crippen molar-refractivity contribution in [3.8, 4) is 11.3 Å². The molecule has 1 aromatic carbocycles. The van der Waals surface area contributed by atoms with Gasteiger partial charge in [-0.2, -0.15) is 0 Å². The molecule has 1 fully saturated rings. The lowest BCUT2D eigenvalue weighted by atomic mass is 9.68. The highest BCUT2D eigenvalue weighted by atomic mass is 19.1. The van der Waals surface area contributed by atoms with Crippen molar-refractivity contribution in [1.82, 2.24) is 9.97 Å². The zero-order valence-electron chi connectivity index (χ0n) is 11.0.